The standard InChI is InChI=1S/C16H9NO4/c1-7-6-10-11(16(20)17-7)12-13(18)8-4-2-3-5-9(8)14(19)15(12)21-10/h2-6H,1H3,(H,17,20). The van der Waals surface area contributed by atoms with Gasteiger partial charge in [-0.2, -0.15) is 0 Å². The van der Waals surface area contributed by atoms with Crippen LogP contribution < -0.4 is 5.56 Å². The van der Waals surface area contributed by atoms with Gasteiger partial charge in [0.25, 0.3) is 5.56 Å². The molecule has 0 aliphatic heterocycles. The Bertz CT molecular complexity index is 1010. The summed E-state index contributed by atoms with van der Waals surface area (Å²) in [4.78, 5) is 39.8. The lowest BCUT2D eigenvalue weighted by Crippen LogP contribution is -2.21. The molecule has 0 amide bonds. The summed E-state index contributed by atoms with van der Waals surface area (Å²) in [7, 11) is 0. The van der Waals surface area contributed by atoms with E-state index in [1.165, 1.54) is 0 Å². The summed E-state index contributed by atoms with van der Waals surface area (Å²) < 4.78 is 5.50. The summed E-state index contributed by atoms with van der Waals surface area (Å²) in [5.74, 6) is -0.772. The van der Waals surface area contributed by atoms with Gasteiger partial charge in [-0.25, -0.2) is 0 Å². The van der Waals surface area contributed by atoms with E-state index < -0.39 is 5.56 Å². The number of fused-ring (bicyclic) bond motifs is 4. The van der Waals surface area contributed by atoms with Crippen molar-refractivity contribution in [1.29, 1.82) is 0 Å². The molecule has 1 aromatic carbocycles. The van der Waals surface area contributed by atoms with Gasteiger partial charge in [0.1, 0.15) is 5.58 Å². The van der Waals surface area contributed by atoms with Gasteiger partial charge in [-0.3, -0.25) is 14.4 Å². The van der Waals surface area contributed by atoms with Gasteiger partial charge in [-0.1, -0.05) is 24.3 Å². The van der Waals surface area contributed by atoms with Gasteiger partial charge in [0.05, 0.1) is 10.9 Å². The average molecular weight is 279 g/mol. The van der Waals surface area contributed by atoms with Crippen molar-refractivity contribution in [1.82, 2.24) is 4.98 Å². The number of benzene rings is 1. The largest absolute Gasteiger partial charge is 0.451 e. The first-order valence-corrected chi connectivity index (χ1v) is 6.43. The molecule has 0 bridgehead atoms. The lowest BCUT2D eigenvalue weighted by Gasteiger charge is -2.12. The monoisotopic (exact) mass is 279 g/mol. The van der Waals surface area contributed by atoms with E-state index in [0.717, 1.165) is 0 Å². The number of carbonyl (C=O) groups is 2. The molecule has 5 heteroatoms. The molecule has 2 aromatic heterocycles. The van der Waals surface area contributed by atoms with Crippen LogP contribution in [-0.2, 0) is 0 Å². The van der Waals surface area contributed by atoms with Crippen molar-refractivity contribution < 1.29 is 14.0 Å². The minimum atomic E-state index is -0.421. The second-order valence-electron chi connectivity index (χ2n) is 5.03. The van der Waals surface area contributed by atoms with Crippen LogP contribution in [0, 0.1) is 6.92 Å². The number of hydrogen-bond acceptors (Lipinski definition) is 4. The Morgan fingerprint density at radius 2 is 1.67 bits per heavy atom. The van der Waals surface area contributed by atoms with Crippen molar-refractivity contribution in [2.45, 2.75) is 6.92 Å². The van der Waals surface area contributed by atoms with Crippen molar-refractivity contribution in [2.75, 3.05) is 0 Å². The molecule has 3 aromatic rings. The zero-order valence-corrected chi connectivity index (χ0v) is 11.0. The van der Waals surface area contributed by atoms with E-state index in [4.69, 9.17) is 4.42 Å². The molecule has 0 spiro atoms. The van der Waals surface area contributed by atoms with E-state index in [1.807, 2.05) is 0 Å². The maximum Gasteiger partial charge on any atom is 0.260 e. The molecular weight excluding hydrogens is 270 g/mol. The van der Waals surface area contributed by atoms with Crippen LogP contribution >= 0.6 is 0 Å². The van der Waals surface area contributed by atoms with Crippen molar-refractivity contribution in [3.8, 4) is 0 Å². The summed E-state index contributed by atoms with van der Waals surface area (Å²) in [5.41, 5.74) is 1.12. The van der Waals surface area contributed by atoms with E-state index in [0.29, 0.717) is 16.8 Å². The van der Waals surface area contributed by atoms with Crippen molar-refractivity contribution in [2.24, 2.45) is 0 Å². The third-order valence-electron chi connectivity index (χ3n) is 3.67. The lowest BCUT2D eigenvalue weighted by atomic mass is 9.87. The first kappa shape index (κ1) is 11.8. The number of carbonyl (C=O) groups excluding carboxylic acids is 2. The summed E-state index contributed by atoms with van der Waals surface area (Å²) >= 11 is 0. The van der Waals surface area contributed by atoms with Gasteiger partial charge >= 0.3 is 0 Å². The van der Waals surface area contributed by atoms with Crippen LogP contribution in [0.5, 0.6) is 0 Å². The highest BCUT2D eigenvalue weighted by atomic mass is 16.3. The van der Waals surface area contributed by atoms with Gasteiger partial charge in [0, 0.05) is 22.9 Å². The topological polar surface area (TPSA) is 80.1 Å². The molecule has 0 fully saturated rings. The third-order valence-corrected chi connectivity index (χ3v) is 3.67. The minimum Gasteiger partial charge on any atom is -0.451 e. The quantitative estimate of drug-likeness (QED) is 0.535. The molecule has 0 unspecified atom stereocenters. The molecule has 0 saturated carbocycles. The van der Waals surface area contributed by atoms with E-state index in [1.54, 1.807) is 37.3 Å². The van der Waals surface area contributed by atoms with E-state index in [-0.39, 0.29) is 33.9 Å². The molecule has 0 atom stereocenters. The molecule has 1 aliphatic carbocycles. The highest BCUT2D eigenvalue weighted by molar-refractivity contribution is 6.31. The van der Waals surface area contributed by atoms with Crippen molar-refractivity contribution >= 4 is 22.5 Å². The van der Waals surface area contributed by atoms with Gasteiger partial charge in [-0.05, 0) is 6.92 Å². The normalized spacial score (nSPS) is 13.4. The average Bonchev–Trinajstić information content (AvgIpc) is 2.84. The molecule has 21 heavy (non-hydrogen) atoms. The van der Waals surface area contributed by atoms with Crippen LogP contribution in [0.1, 0.15) is 37.7 Å². The van der Waals surface area contributed by atoms with E-state index in [2.05, 4.69) is 4.98 Å². The molecule has 0 radical (unpaired) electrons. The summed E-state index contributed by atoms with van der Waals surface area (Å²) in [6.07, 6.45) is 0. The number of ketones is 2. The Balaban J connectivity index is 2.17. The number of pyridine rings is 1. The molecule has 1 aliphatic rings. The maximum absolute atomic E-state index is 12.6. The zero-order valence-electron chi connectivity index (χ0n) is 11.0. The molecule has 1 N–H and O–H groups in total. The number of H-pyrrole nitrogens is 1. The number of aromatic amines is 1. The molecule has 2 heterocycles. The number of hydrogen-bond donors (Lipinski definition) is 1. The molecular formula is C16H9NO4. The van der Waals surface area contributed by atoms with Crippen LogP contribution in [0.4, 0.5) is 0 Å². The summed E-state index contributed by atoms with van der Waals surface area (Å²) in [5, 5.41) is 0.142. The predicted octanol–water partition coefficient (Wildman–Crippen LogP) is 2.20. The lowest BCUT2D eigenvalue weighted by molar-refractivity contribution is 0.0962. The Kier molecular flexibility index (Phi) is 2.14. The first-order chi connectivity index (χ1) is 10.1. The number of furan rings is 1. The Morgan fingerprint density at radius 3 is 2.38 bits per heavy atom. The second-order valence-corrected chi connectivity index (χ2v) is 5.03. The molecule has 0 saturated heterocycles. The third kappa shape index (κ3) is 1.43. The van der Waals surface area contributed by atoms with E-state index >= 15 is 0 Å². The first-order valence-electron chi connectivity index (χ1n) is 6.43. The zero-order chi connectivity index (χ0) is 14.7. The Labute approximate surface area is 118 Å². The van der Waals surface area contributed by atoms with Gasteiger partial charge < -0.3 is 9.40 Å². The highest BCUT2D eigenvalue weighted by Gasteiger charge is 2.35. The summed E-state index contributed by atoms with van der Waals surface area (Å²) in [6.45, 7) is 1.71. The van der Waals surface area contributed by atoms with Crippen LogP contribution in [0.15, 0.2) is 39.5 Å². The van der Waals surface area contributed by atoms with Crippen LogP contribution in [0.25, 0.3) is 11.0 Å². The molecule has 102 valence electrons. The highest BCUT2D eigenvalue weighted by Crippen LogP contribution is 2.33. The number of nitrogens with one attached hydrogen (secondary N) is 1. The number of aromatic nitrogens is 1. The number of aryl methyl sites for hydroxylation is 1. The van der Waals surface area contributed by atoms with Crippen LogP contribution in [0.3, 0.4) is 0 Å². The van der Waals surface area contributed by atoms with Gasteiger partial charge in [0.15, 0.2) is 11.5 Å². The fourth-order valence-corrected chi connectivity index (χ4v) is 2.76. The van der Waals surface area contributed by atoms with Crippen molar-refractivity contribution in [3.05, 3.63) is 68.8 Å². The predicted molar refractivity (Wildman–Crippen MR) is 74.9 cm³/mol. The summed E-state index contributed by atoms with van der Waals surface area (Å²) in [6, 6.07) is 8.15. The molecule has 4 rings (SSSR count). The smallest absolute Gasteiger partial charge is 0.260 e. The van der Waals surface area contributed by atoms with Gasteiger partial charge in [0.2, 0.25) is 5.78 Å². The Hall–Kier alpha value is -2.95. The SMILES string of the molecule is Cc1cc2oc3c(c2c(=O)[nH]1)C(=O)c1ccccc1C3=O. The molecule has 5 nitrogen and oxygen atoms in total. The Morgan fingerprint density at radius 1 is 1.00 bits per heavy atom. The van der Waals surface area contributed by atoms with Crippen LogP contribution in [-0.4, -0.2) is 16.6 Å². The van der Waals surface area contributed by atoms with Gasteiger partial charge in [-0.15, -0.1) is 0 Å². The fourth-order valence-electron chi connectivity index (χ4n) is 2.76. The fraction of sp³-hybridized carbons (Fsp3) is 0.0625. The second kappa shape index (κ2) is 3.79. The van der Waals surface area contributed by atoms with E-state index in [9.17, 15) is 14.4 Å². The minimum absolute atomic E-state index is 0.0511. The number of rotatable bonds is 0. The van der Waals surface area contributed by atoms with Crippen molar-refractivity contribution in [3.63, 3.8) is 0 Å². The van der Waals surface area contributed by atoms with Crippen LogP contribution in [0.2, 0.25) is 0 Å². The maximum atomic E-state index is 12.6.